The van der Waals surface area contributed by atoms with Crippen LogP contribution < -0.4 is 15.4 Å². The van der Waals surface area contributed by atoms with E-state index in [0.29, 0.717) is 43.6 Å². The number of esters is 1. The third-order valence-electron chi connectivity index (χ3n) is 13.5. The Balaban J connectivity index is 0.893. The number of benzene rings is 4. The van der Waals surface area contributed by atoms with Crippen LogP contribution in [0.5, 0.6) is 23.0 Å². The molecule has 19 heteroatoms. The molecule has 18 nitrogen and oxygen atoms in total. The van der Waals surface area contributed by atoms with E-state index in [2.05, 4.69) is 15.6 Å². The number of thiazole rings is 1. The Labute approximate surface area is 417 Å². The number of rotatable bonds is 15. The first kappa shape index (κ1) is 50.0. The number of carbonyl (C=O) groups is 7. The Morgan fingerprint density at radius 1 is 0.847 bits per heavy atom. The van der Waals surface area contributed by atoms with Gasteiger partial charge in [-0.15, -0.1) is 11.3 Å². The number of phenolic OH excluding ortho intramolecular Hbond substituents is 2. The van der Waals surface area contributed by atoms with Crippen molar-refractivity contribution in [3.05, 3.63) is 133 Å². The van der Waals surface area contributed by atoms with Crippen LogP contribution in [-0.2, 0) is 29.5 Å². The molecule has 0 saturated heterocycles. The third kappa shape index (κ3) is 9.23. The van der Waals surface area contributed by atoms with Gasteiger partial charge in [0.15, 0.2) is 22.2 Å². The van der Waals surface area contributed by atoms with Gasteiger partial charge in [0.2, 0.25) is 11.8 Å². The molecule has 4 amide bonds. The molecule has 5 aromatic rings. The molecular formula is C53H50N6O12S. The average Bonchev–Trinajstić information content (AvgIpc) is 3.89. The van der Waals surface area contributed by atoms with Crippen molar-refractivity contribution in [1.29, 1.82) is 5.26 Å². The fraction of sp³-hybridized carbons (Fsp3) is 0.302. The molecule has 3 aliphatic rings. The first-order valence-corrected chi connectivity index (χ1v) is 23.8. The van der Waals surface area contributed by atoms with Crippen LogP contribution in [0.25, 0.3) is 10.2 Å². The van der Waals surface area contributed by atoms with Crippen molar-refractivity contribution in [3.8, 4) is 29.1 Å². The number of nitrogens with zero attached hydrogens (tertiary/aromatic N) is 4. The molecule has 2 aliphatic heterocycles. The normalized spacial score (nSPS) is 15.0. The molecule has 1 aliphatic carbocycles. The van der Waals surface area contributed by atoms with E-state index in [1.807, 2.05) is 6.07 Å². The lowest BCUT2D eigenvalue weighted by Gasteiger charge is -2.36. The monoisotopic (exact) mass is 994 g/mol. The molecule has 0 bridgehead atoms. The van der Waals surface area contributed by atoms with Crippen LogP contribution in [0.3, 0.4) is 0 Å². The van der Waals surface area contributed by atoms with Crippen LogP contribution in [0, 0.1) is 16.7 Å². The number of ether oxygens (including phenoxy) is 2. The second-order valence-corrected chi connectivity index (χ2v) is 19.6. The highest BCUT2D eigenvalue weighted by Crippen LogP contribution is 2.57. The first-order valence-electron chi connectivity index (χ1n) is 22.9. The molecule has 3 heterocycles. The molecule has 1 unspecified atom stereocenters. The molecule has 370 valence electrons. The minimum Gasteiger partial charge on any atom is -0.508 e. The Bertz CT molecular complexity index is 3220. The smallest absolute Gasteiger partial charge is 0.407 e. The Hall–Kier alpha value is -8.37. The number of carbonyl (C=O) groups excluding carboxylic acids is 6. The summed E-state index contributed by atoms with van der Waals surface area (Å²) in [7, 11) is 1.54. The number of aromatic hydroxyl groups is 2. The molecule has 0 fully saturated rings. The maximum absolute atomic E-state index is 14.2. The number of likely N-dealkylation sites (N-methyl/N-ethyl adjacent to an activating group) is 1. The van der Waals surface area contributed by atoms with E-state index < -0.39 is 46.8 Å². The second-order valence-electron chi connectivity index (χ2n) is 18.6. The SMILES string of the molecule is CC1=C(C)C(=O)C(C(C)(C)CC(=O)N(C)C(CN(CCCC(=O)NCCNC(=O)c2ccc3c(c2)C(=O)OC32c3ccc(O)cc3Oc3cc(O)ccc32)C(=O)O)c2ccc3nc(C#N)sc3c2)=C(C)C1=O. The van der Waals surface area contributed by atoms with Crippen molar-refractivity contribution in [2.24, 2.45) is 5.41 Å². The molecule has 1 aromatic heterocycles. The predicted octanol–water partition coefficient (Wildman–Crippen LogP) is 7.17. The Morgan fingerprint density at radius 3 is 2.14 bits per heavy atom. The van der Waals surface area contributed by atoms with Crippen LogP contribution >= 0.6 is 11.3 Å². The summed E-state index contributed by atoms with van der Waals surface area (Å²) in [6.45, 7) is 7.96. The number of carboxylic acid groups (broad SMARTS) is 1. The fourth-order valence-corrected chi connectivity index (χ4v) is 10.5. The fourth-order valence-electron chi connectivity index (χ4n) is 9.64. The van der Waals surface area contributed by atoms with Crippen molar-refractivity contribution >= 4 is 62.9 Å². The standard InChI is InChI=1S/C53H50N6O12S/c1-27-28(2)48(65)46(29(3)47(27)64)52(4,5)24-45(63)58(6)39(30-10-16-38-42(21-30)72-44(25-54)57-38)26-59(51(68)69)19-7-8-43(62)55-17-18-56-49(66)31-9-13-35-34(20-31)50(67)71-53(35)36-14-11-32(60)22-40(36)70-41-23-33(61)12-15-37(41)53/h9-16,20-23,39,60-61H,7-8,17-19,24,26H2,1-6H3,(H,55,62)(H,56,66)(H,68,69). The topological polar surface area (TPSA) is 266 Å². The highest BCUT2D eigenvalue weighted by Gasteiger charge is 2.54. The van der Waals surface area contributed by atoms with Gasteiger partial charge in [-0.05, 0) is 81.3 Å². The lowest BCUT2D eigenvalue weighted by Crippen LogP contribution is -2.43. The minimum atomic E-state index is -1.50. The minimum absolute atomic E-state index is 0.0124. The van der Waals surface area contributed by atoms with Crippen molar-refractivity contribution in [3.63, 3.8) is 0 Å². The molecule has 1 atom stereocenters. The summed E-state index contributed by atoms with van der Waals surface area (Å²) in [6.07, 6.45) is -1.45. The average molecular weight is 995 g/mol. The number of hydrogen-bond acceptors (Lipinski definition) is 14. The van der Waals surface area contributed by atoms with Crippen LogP contribution in [0.2, 0.25) is 0 Å². The molecular weight excluding hydrogens is 945 g/mol. The number of phenols is 2. The summed E-state index contributed by atoms with van der Waals surface area (Å²) >= 11 is 1.15. The summed E-state index contributed by atoms with van der Waals surface area (Å²) in [5.41, 5.74) is 1.30. The van der Waals surface area contributed by atoms with Crippen molar-refractivity contribution in [2.75, 3.05) is 33.2 Å². The highest BCUT2D eigenvalue weighted by molar-refractivity contribution is 7.19. The lowest BCUT2D eigenvalue weighted by molar-refractivity contribution is -0.134. The maximum atomic E-state index is 14.2. The van der Waals surface area contributed by atoms with Gasteiger partial charge in [-0.2, -0.15) is 5.26 Å². The van der Waals surface area contributed by atoms with Gasteiger partial charge in [0, 0.05) is 108 Å². The number of nitriles is 1. The number of aromatic nitrogens is 1. The van der Waals surface area contributed by atoms with Crippen LogP contribution in [0.4, 0.5) is 4.79 Å². The van der Waals surface area contributed by atoms with Crippen LogP contribution in [0.1, 0.15) is 108 Å². The third-order valence-corrected chi connectivity index (χ3v) is 14.4. The summed E-state index contributed by atoms with van der Waals surface area (Å²) in [6, 6.07) is 19.6. The molecule has 72 heavy (non-hydrogen) atoms. The number of nitrogens with one attached hydrogen (secondary N) is 2. The van der Waals surface area contributed by atoms with Crippen LogP contribution in [0.15, 0.2) is 95.1 Å². The van der Waals surface area contributed by atoms with E-state index in [-0.39, 0.29) is 107 Å². The molecule has 5 N–H and O–H groups in total. The summed E-state index contributed by atoms with van der Waals surface area (Å²) in [5, 5.41) is 46.0. The summed E-state index contributed by atoms with van der Waals surface area (Å²) in [5.74, 6) is -2.39. The number of fused-ring (bicyclic) bond motifs is 7. The zero-order valence-corrected chi connectivity index (χ0v) is 41.0. The van der Waals surface area contributed by atoms with Gasteiger partial charge in [-0.3, -0.25) is 24.0 Å². The molecule has 8 rings (SSSR count). The van der Waals surface area contributed by atoms with Crippen molar-refractivity contribution < 1.29 is 58.4 Å². The van der Waals surface area contributed by atoms with E-state index in [9.17, 15) is 54.1 Å². The van der Waals surface area contributed by atoms with Gasteiger partial charge >= 0.3 is 12.1 Å². The Morgan fingerprint density at radius 2 is 1.49 bits per heavy atom. The summed E-state index contributed by atoms with van der Waals surface area (Å²) in [4.78, 5) is 100. The largest absolute Gasteiger partial charge is 0.508 e. The molecule has 0 saturated carbocycles. The number of allylic oxidation sites excluding steroid dienone is 4. The van der Waals surface area contributed by atoms with E-state index in [1.54, 1.807) is 71.0 Å². The number of ketones is 2. The van der Waals surface area contributed by atoms with Gasteiger partial charge in [0.1, 0.15) is 29.1 Å². The first-order chi connectivity index (χ1) is 34.1. The molecule has 4 aromatic carbocycles. The van der Waals surface area contributed by atoms with Gasteiger partial charge < -0.3 is 45.2 Å². The molecule has 0 radical (unpaired) electrons. The van der Waals surface area contributed by atoms with Gasteiger partial charge in [-0.25, -0.2) is 14.6 Å². The van der Waals surface area contributed by atoms with Gasteiger partial charge in [0.25, 0.3) is 5.91 Å². The van der Waals surface area contributed by atoms with E-state index in [1.165, 1.54) is 48.3 Å². The lowest BCUT2D eigenvalue weighted by atomic mass is 9.71. The zero-order chi connectivity index (χ0) is 52.0. The van der Waals surface area contributed by atoms with Crippen molar-refractivity contribution in [1.82, 2.24) is 25.4 Å². The Kier molecular flexibility index (Phi) is 13.5. The zero-order valence-electron chi connectivity index (χ0n) is 40.2. The van der Waals surface area contributed by atoms with Gasteiger partial charge in [-0.1, -0.05) is 26.0 Å². The number of hydrogen-bond donors (Lipinski definition) is 5. The van der Waals surface area contributed by atoms with E-state index in [0.717, 1.165) is 16.2 Å². The number of amides is 4. The quantitative estimate of drug-likeness (QED) is 0.0395. The van der Waals surface area contributed by atoms with Crippen LogP contribution in [-0.4, -0.2) is 105 Å². The molecule has 1 spiro atoms. The number of Topliss-reactive ketones (excluding diaryl/α,β-unsaturated/α-hetero) is 2. The summed E-state index contributed by atoms with van der Waals surface area (Å²) < 4.78 is 12.7. The maximum Gasteiger partial charge on any atom is 0.407 e. The van der Waals surface area contributed by atoms with Gasteiger partial charge in [0.05, 0.1) is 21.8 Å². The van der Waals surface area contributed by atoms with E-state index >= 15 is 0 Å². The second kappa shape index (κ2) is 19.4. The van der Waals surface area contributed by atoms with E-state index in [4.69, 9.17) is 9.47 Å². The van der Waals surface area contributed by atoms with Crippen molar-refractivity contribution in [2.45, 2.75) is 65.5 Å². The predicted molar refractivity (Wildman–Crippen MR) is 262 cm³/mol. The highest BCUT2D eigenvalue weighted by atomic mass is 32.1.